The molecule has 0 unspecified atom stereocenters. The molecule has 7 nitrogen and oxygen atoms in total. The zero-order chi connectivity index (χ0) is 23.1. The molecule has 4 rings (SSSR count). The lowest BCUT2D eigenvalue weighted by atomic mass is 10.2. The molecule has 2 aromatic rings. The van der Waals surface area contributed by atoms with Crippen LogP contribution in [0, 0.1) is 0 Å². The molecule has 0 spiro atoms. The van der Waals surface area contributed by atoms with Crippen LogP contribution in [0.15, 0.2) is 53.4 Å². The first-order valence-electron chi connectivity index (χ1n) is 10.3. The number of hydrogen-bond acceptors (Lipinski definition) is 5. The van der Waals surface area contributed by atoms with Crippen molar-refractivity contribution in [2.75, 3.05) is 21.9 Å². The maximum absolute atomic E-state index is 13.4. The molecule has 2 aromatic carbocycles. The van der Waals surface area contributed by atoms with Gasteiger partial charge in [0.05, 0.1) is 15.6 Å². The van der Waals surface area contributed by atoms with E-state index in [9.17, 15) is 18.0 Å². The van der Waals surface area contributed by atoms with Crippen LogP contribution in [-0.4, -0.2) is 48.3 Å². The first-order valence-corrected chi connectivity index (χ1v) is 13.1. The molecule has 2 saturated heterocycles. The number of nitrogens with one attached hydrogen (secondary N) is 1. The Kier molecular flexibility index (Phi) is 6.17. The molecule has 170 valence electrons. The van der Waals surface area contributed by atoms with Gasteiger partial charge in [0, 0.05) is 24.4 Å². The number of fused-ring (bicyclic) bond motifs is 1. The summed E-state index contributed by atoms with van der Waals surface area (Å²) in [7, 11) is -3.96. The van der Waals surface area contributed by atoms with Crippen molar-refractivity contribution in [3.05, 3.63) is 53.6 Å². The number of carbonyl (C=O) groups is 2. The van der Waals surface area contributed by atoms with Crippen LogP contribution in [0.3, 0.4) is 0 Å². The van der Waals surface area contributed by atoms with Crippen molar-refractivity contribution in [3.63, 3.8) is 0 Å². The van der Waals surface area contributed by atoms with Crippen molar-refractivity contribution in [2.45, 2.75) is 42.5 Å². The van der Waals surface area contributed by atoms with E-state index >= 15 is 0 Å². The summed E-state index contributed by atoms with van der Waals surface area (Å²) in [5, 5.41) is 2.85. The van der Waals surface area contributed by atoms with Gasteiger partial charge in [-0.3, -0.25) is 13.9 Å². The second-order valence-electron chi connectivity index (χ2n) is 7.91. The summed E-state index contributed by atoms with van der Waals surface area (Å²) in [6.45, 7) is 3.94. The number of para-hydroxylation sites is 1. The van der Waals surface area contributed by atoms with Gasteiger partial charge in [-0.25, -0.2) is 8.42 Å². The Bertz CT molecular complexity index is 1160. The number of halogens is 1. The number of carbonyl (C=O) groups excluding carboxylic acids is 2. The van der Waals surface area contributed by atoms with Crippen LogP contribution in [0.5, 0.6) is 0 Å². The smallest absolute Gasteiger partial charge is 0.265 e. The van der Waals surface area contributed by atoms with Crippen LogP contribution in [0.1, 0.15) is 26.7 Å². The summed E-state index contributed by atoms with van der Waals surface area (Å²) in [6.07, 6.45) is 1.15. The summed E-state index contributed by atoms with van der Waals surface area (Å²) in [6, 6.07) is 12.6. The lowest BCUT2D eigenvalue weighted by Crippen LogP contribution is -2.48. The normalized spacial score (nSPS) is 22.7. The van der Waals surface area contributed by atoms with E-state index in [0.717, 1.165) is 6.42 Å². The van der Waals surface area contributed by atoms with Crippen LogP contribution in [0.25, 0.3) is 0 Å². The Morgan fingerprint density at radius 1 is 1.28 bits per heavy atom. The molecular weight excluding hydrogens is 470 g/mol. The number of amides is 2. The van der Waals surface area contributed by atoms with Gasteiger partial charge in [0.1, 0.15) is 10.9 Å². The Labute approximate surface area is 197 Å². The standard InChI is InChI=1S/C22H24ClN3O4S2/c1-3-25(16-7-5-4-6-8-16)32(29,30)19-13-15(9-10-17(19)23)24-21(28)18-14-31-22(2)12-11-20(27)26(18)22/h4-10,13,18H,3,11-12,14H2,1-2H3,(H,24,28)/t18-,22+/m1/s1. The quantitative estimate of drug-likeness (QED) is 0.658. The number of benzene rings is 2. The zero-order valence-electron chi connectivity index (χ0n) is 17.7. The number of rotatable bonds is 6. The van der Waals surface area contributed by atoms with Crippen LogP contribution >= 0.6 is 23.4 Å². The molecule has 2 aliphatic heterocycles. The Morgan fingerprint density at radius 3 is 2.69 bits per heavy atom. The molecule has 2 amide bonds. The molecule has 0 aliphatic carbocycles. The number of nitrogens with zero attached hydrogens (tertiary/aromatic N) is 2. The lowest BCUT2D eigenvalue weighted by molar-refractivity contribution is -0.135. The third-order valence-corrected chi connectivity index (χ3v) is 9.74. The zero-order valence-corrected chi connectivity index (χ0v) is 20.1. The largest absolute Gasteiger partial charge is 0.324 e. The number of sulfonamides is 1. The molecule has 0 aromatic heterocycles. The Morgan fingerprint density at radius 2 is 2.00 bits per heavy atom. The van der Waals surface area contributed by atoms with Crippen LogP contribution in [0.4, 0.5) is 11.4 Å². The van der Waals surface area contributed by atoms with E-state index in [1.54, 1.807) is 53.9 Å². The van der Waals surface area contributed by atoms with Crippen molar-refractivity contribution < 1.29 is 18.0 Å². The van der Waals surface area contributed by atoms with E-state index in [1.807, 2.05) is 13.0 Å². The third kappa shape index (κ3) is 3.97. The minimum atomic E-state index is -3.96. The summed E-state index contributed by atoms with van der Waals surface area (Å²) in [5.74, 6) is 0.140. The fourth-order valence-corrected chi connectivity index (χ4v) is 7.63. The molecular formula is C22H24ClN3O4S2. The first-order chi connectivity index (χ1) is 15.2. The van der Waals surface area contributed by atoms with Crippen molar-refractivity contribution in [2.24, 2.45) is 0 Å². The summed E-state index contributed by atoms with van der Waals surface area (Å²) >= 11 is 7.87. The van der Waals surface area contributed by atoms with Gasteiger partial charge in [-0.2, -0.15) is 0 Å². The molecule has 2 aliphatic rings. The van der Waals surface area contributed by atoms with Gasteiger partial charge in [-0.05, 0) is 50.6 Å². The molecule has 1 N–H and O–H groups in total. The SMILES string of the molecule is CCN(c1ccccc1)S(=O)(=O)c1cc(NC(=O)[C@H]2CS[C@@]3(C)CCC(=O)N23)ccc1Cl. The Balaban J connectivity index is 1.60. The maximum Gasteiger partial charge on any atom is 0.265 e. The maximum atomic E-state index is 13.4. The highest BCUT2D eigenvalue weighted by molar-refractivity contribution is 8.01. The van der Waals surface area contributed by atoms with E-state index in [0.29, 0.717) is 23.5 Å². The number of hydrogen-bond donors (Lipinski definition) is 1. The van der Waals surface area contributed by atoms with Crippen molar-refractivity contribution >= 4 is 56.6 Å². The third-order valence-electron chi connectivity index (χ3n) is 5.85. The molecule has 2 atom stereocenters. The first kappa shape index (κ1) is 22.9. The van der Waals surface area contributed by atoms with Crippen molar-refractivity contribution in [3.8, 4) is 0 Å². The fraction of sp³-hybridized carbons (Fsp3) is 0.364. The van der Waals surface area contributed by atoms with Gasteiger partial charge in [-0.15, -0.1) is 11.8 Å². The summed E-state index contributed by atoms with van der Waals surface area (Å²) < 4.78 is 28.0. The van der Waals surface area contributed by atoms with Gasteiger partial charge in [-0.1, -0.05) is 29.8 Å². The second-order valence-corrected chi connectivity index (χ2v) is 11.6. The highest BCUT2D eigenvalue weighted by Crippen LogP contribution is 2.47. The average Bonchev–Trinajstić information content (AvgIpc) is 3.26. The highest BCUT2D eigenvalue weighted by atomic mass is 35.5. The molecule has 0 bridgehead atoms. The number of thioether (sulfide) groups is 1. The summed E-state index contributed by atoms with van der Waals surface area (Å²) in [5.41, 5.74) is 0.836. The molecule has 10 heteroatoms. The topological polar surface area (TPSA) is 86.8 Å². The van der Waals surface area contributed by atoms with E-state index < -0.39 is 16.1 Å². The van der Waals surface area contributed by atoms with Crippen LogP contribution < -0.4 is 9.62 Å². The van der Waals surface area contributed by atoms with Gasteiger partial charge in [0.25, 0.3) is 10.0 Å². The molecule has 2 heterocycles. The Hall–Kier alpha value is -2.23. The van der Waals surface area contributed by atoms with Crippen molar-refractivity contribution in [1.29, 1.82) is 0 Å². The predicted octanol–water partition coefficient (Wildman–Crippen LogP) is 3.95. The van der Waals surface area contributed by atoms with Gasteiger partial charge < -0.3 is 10.2 Å². The molecule has 0 radical (unpaired) electrons. The monoisotopic (exact) mass is 493 g/mol. The second kappa shape index (κ2) is 8.61. The molecule has 0 saturated carbocycles. The van der Waals surface area contributed by atoms with Gasteiger partial charge in [0.15, 0.2) is 0 Å². The van der Waals surface area contributed by atoms with Crippen molar-refractivity contribution in [1.82, 2.24) is 4.90 Å². The van der Waals surface area contributed by atoms with Gasteiger partial charge >= 0.3 is 0 Å². The van der Waals surface area contributed by atoms with E-state index in [4.69, 9.17) is 11.6 Å². The molecule has 2 fully saturated rings. The lowest BCUT2D eigenvalue weighted by Gasteiger charge is -2.30. The predicted molar refractivity (Wildman–Crippen MR) is 127 cm³/mol. The summed E-state index contributed by atoms with van der Waals surface area (Å²) in [4.78, 5) is 26.5. The van der Waals surface area contributed by atoms with Gasteiger partial charge in [0.2, 0.25) is 11.8 Å². The highest BCUT2D eigenvalue weighted by Gasteiger charge is 2.52. The molecule has 32 heavy (non-hydrogen) atoms. The minimum Gasteiger partial charge on any atom is -0.324 e. The number of anilines is 2. The van der Waals surface area contributed by atoms with Crippen LogP contribution in [-0.2, 0) is 19.6 Å². The minimum absolute atomic E-state index is 0.0292. The average molecular weight is 494 g/mol. The van der Waals surface area contributed by atoms with E-state index in [1.165, 1.54) is 16.4 Å². The van der Waals surface area contributed by atoms with E-state index in [2.05, 4.69) is 5.32 Å². The van der Waals surface area contributed by atoms with Crippen LogP contribution in [0.2, 0.25) is 5.02 Å². The van der Waals surface area contributed by atoms with E-state index in [-0.39, 0.29) is 33.1 Å². The fourth-order valence-electron chi connectivity index (χ4n) is 4.22.